The summed E-state index contributed by atoms with van der Waals surface area (Å²) in [5.41, 5.74) is 0.767. The summed E-state index contributed by atoms with van der Waals surface area (Å²) < 4.78 is 43.8. The van der Waals surface area contributed by atoms with Crippen LogP contribution in [0.2, 0.25) is 0 Å². The van der Waals surface area contributed by atoms with Gasteiger partial charge >= 0.3 is 5.97 Å². The molecule has 0 unspecified atom stereocenters. The maximum Gasteiger partial charge on any atom is 0.310 e. The summed E-state index contributed by atoms with van der Waals surface area (Å²) in [7, 11) is -3.73. The fraction of sp³-hybridized carbons (Fsp3) is 0.278. The number of carbonyl (C=O) groups excluding carboxylic acids is 1. The molecule has 0 aliphatic carbocycles. The fourth-order valence-corrected chi connectivity index (χ4v) is 2.97. The number of hydrogen-bond donors (Lipinski definition) is 1. The fourth-order valence-electron chi connectivity index (χ4n) is 2.46. The molecule has 27 heavy (non-hydrogen) atoms. The molecule has 0 radical (unpaired) electrons. The van der Waals surface area contributed by atoms with E-state index in [4.69, 9.17) is 24.1 Å². The van der Waals surface area contributed by atoms with Crippen LogP contribution in [0.25, 0.3) is 0 Å². The molecule has 2 N–H and O–H groups in total. The second-order valence-corrected chi connectivity index (χ2v) is 7.30. The van der Waals surface area contributed by atoms with E-state index in [1.54, 1.807) is 18.2 Å². The predicted molar refractivity (Wildman–Crippen MR) is 95.4 cm³/mol. The zero-order chi connectivity index (χ0) is 19.3. The molecule has 1 aliphatic heterocycles. The maximum absolute atomic E-state index is 11.9. The molecule has 0 fully saturated rings. The van der Waals surface area contributed by atoms with Crippen molar-refractivity contribution in [3.05, 3.63) is 48.0 Å². The standard InChI is InChI=1S/C18H19NO7S/c19-27(21,22)15-4-2-14(3-5-15)23-7-10-26-18(20)12-13-1-6-16-17(11-13)25-9-8-24-16/h1-6,11H,7-10,12H2,(H2,19,21,22). The van der Waals surface area contributed by atoms with Crippen LogP contribution in [0.4, 0.5) is 0 Å². The number of sulfonamides is 1. The molecule has 0 saturated carbocycles. The SMILES string of the molecule is NS(=O)(=O)c1ccc(OCCOC(=O)Cc2ccc3c(c2)OCCO3)cc1. The third-order valence-electron chi connectivity index (χ3n) is 3.72. The Morgan fingerprint density at radius 3 is 2.41 bits per heavy atom. The van der Waals surface area contributed by atoms with E-state index < -0.39 is 10.0 Å². The third kappa shape index (κ3) is 5.35. The second-order valence-electron chi connectivity index (χ2n) is 5.74. The Hall–Kier alpha value is -2.78. The Bertz CT molecular complexity index is 910. The van der Waals surface area contributed by atoms with Crippen LogP contribution in [-0.2, 0) is 26.0 Å². The highest BCUT2D eigenvalue weighted by Gasteiger charge is 2.13. The first-order valence-corrected chi connectivity index (χ1v) is 9.76. The summed E-state index contributed by atoms with van der Waals surface area (Å²) in [6.45, 7) is 1.21. The van der Waals surface area contributed by atoms with Crippen molar-refractivity contribution in [2.75, 3.05) is 26.4 Å². The van der Waals surface area contributed by atoms with Gasteiger partial charge in [0.15, 0.2) is 11.5 Å². The first-order chi connectivity index (χ1) is 12.9. The molecule has 1 aliphatic rings. The zero-order valence-corrected chi connectivity index (χ0v) is 15.2. The molecule has 3 rings (SSSR count). The van der Waals surface area contributed by atoms with Crippen molar-refractivity contribution >= 4 is 16.0 Å². The smallest absolute Gasteiger partial charge is 0.310 e. The van der Waals surface area contributed by atoms with Crippen LogP contribution in [0.15, 0.2) is 47.4 Å². The maximum atomic E-state index is 11.9. The number of benzene rings is 2. The Labute approximate surface area is 156 Å². The number of nitrogens with two attached hydrogens (primary N) is 1. The van der Waals surface area contributed by atoms with Gasteiger partial charge in [0.1, 0.15) is 32.2 Å². The molecule has 0 aromatic heterocycles. The van der Waals surface area contributed by atoms with E-state index in [1.165, 1.54) is 24.3 Å². The third-order valence-corrected chi connectivity index (χ3v) is 4.65. The van der Waals surface area contributed by atoms with Crippen molar-refractivity contribution in [1.82, 2.24) is 0 Å². The quantitative estimate of drug-likeness (QED) is 0.556. The molecule has 8 nitrogen and oxygen atoms in total. The van der Waals surface area contributed by atoms with Crippen LogP contribution in [0.3, 0.4) is 0 Å². The van der Waals surface area contributed by atoms with Crippen molar-refractivity contribution in [2.24, 2.45) is 5.14 Å². The Kier molecular flexibility index (Phi) is 5.82. The minimum atomic E-state index is -3.73. The van der Waals surface area contributed by atoms with Crippen molar-refractivity contribution in [1.29, 1.82) is 0 Å². The minimum absolute atomic E-state index is 0.000655. The van der Waals surface area contributed by atoms with Crippen molar-refractivity contribution in [2.45, 2.75) is 11.3 Å². The lowest BCUT2D eigenvalue weighted by atomic mass is 10.1. The molecule has 0 spiro atoms. The lowest BCUT2D eigenvalue weighted by Gasteiger charge is -2.18. The van der Waals surface area contributed by atoms with Gasteiger partial charge in [0.2, 0.25) is 10.0 Å². The molecule has 0 bridgehead atoms. The van der Waals surface area contributed by atoms with E-state index >= 15 is 0 Å². The van der Waals surface area contributed by atoms with Crippen LogP contribution in [0, 0.1) is 0 Å². The van der Waals surface area contributed by atoms with E-state index in [0.717, 1.165) is 5.56 Å². The number of esters is 1. The lowest BCUT2D eigenvalue weighted by molar-refractivity contribution is -0.143. The molecule has 9 heteroatoms. The summed E-state index contributed by atoms with van der Waals surface area (Å²) in [5.74, 6) is 1.35. The summed E-state index contributed by atoms with van der Waals surface area (Å²) in [6.07, 6.45) is 0.111. The number of fused-ring (bicyclic) bond motifs is 1. The highest BCUT2D eigenvalue weighted by Crippen LogP contribution is 2.30. The second kappa shape index (κ2) is 8.28. The highest BCUT2D eigenvalue weighted by molar-refractivity contribution is 7.89. The van der Waals surface area contributed by atoms with Gasteiger partial charge in [0, 0.05) is 0 Å². The van der Waals surface area contributed by atoms with E-state index in [1.807, 2.05) is 0 Å². The number of hydrogen-bond acceptors (Lipinski definition) is 7. The summed E-state index contributed by atoms with van der Waals surface area (Å²) >= 11 is 0. The van der Waals surface area contributed by atoms with Crippen LogP contribution in [0.5, 0.6) is 17.2 Å². The molecule has 1 heterocycles. The zero-order valence-electron chi connectivity index (χ0n) is 14.4. The van der Waals surface area contributed by atoms with Crippen LogP contribution in [-0.4, -0.2) is 40.8 Å². The van der Waals surface area contributed by atoms with Gasteiger partial charge in [-0.25, -0.2) is 13.6 Å². The molecule has 144 valence electrons. The largest absolute Gasteiger partial charge is 0.490 e. The van der Waals surface area contributed by atoms with Crippen molar-refractivity contribution < 1.29 is 32.2 Å². The van der Waals surface area contributed by atoms with Crippen LogP contribution >= 0.6 is 0 Å². The molecule has 0 amide bonds. The van der Waals surface area contributed by atoms with Gasteiger partial charge in [-0.1, -0.05) is 6.07 Å². The van der Waals surface area contributed by atoms with Gasteiger partial charge in [-0.15, -0.1) is 0 Å². The van der Waals surface area contributed by atoms with Crippen LogP contribution in [0.1, 0.15) is 5.56 Å². The predicted octanol–water partition coefficient (Wildman–Crippen LogP) is 1.27. The molecule has 0 atom stereocenters. The average Bonchev–Trinajstić information content (AvgIpc) is 2.65. The van der Waals surface area contributed by atoms with Crippen molar-refractivity contribution in [3.63, 3.8) is 0 Å². The monoisotopic (exact) mass is 393 g/mol. The van der Waals surface area contributed by atoms with Gasteiger partial charge in [0.05, 0.1) is 11.3 Å². The first kappa shape index (κ1) is 19.0. The number of rotatable bonds is 7. The summed E-state index contributed by atoms with van der Waals surface area (Å²) in [6, 6.07) is 11.0. The average molecular weight is 393 g/mol. The Balaban J connectivity index is 1.42. The molecule has 2 aromatic rings. The summed E-state index contributed by atoms with van der Waals surface area (Å²) in [4.78, 5) is 11.9. The Morgan fingerprint density at radius 2 is 1.70 bits per heavy atom. The normalized spacial score (nSPS) is 13.1. The van der Waals surface area contributed by atoms with E-state index in [2.05, 4.69) is 0 Å². The molecule has 0 saturated heterocycles. The van der Waals surface area contributed by atoms with Gasteiger partial charge in [0.25, 0.3) is 0 Å². The number of carbonyl (C=O) groups is 1. The minimum Gasteiger partial charge on any atom is -0.490 e. The molecular formula is C18H19NO7S. The van der Waals surface area contributed by atoms with Gasteiger partial charge in [-0.05, 0) is 42.0 Å². The Morgan fingerprint density at radius 1 is 1.00 bits per heavy atom. The number of ether oxygens (including phenoxy) is 4. The van der Waals surface area contributed by atoms with E-state index in [-0.39, 0.29) is 30.5 Å². The van der Waals surface area contributed by atoms with Gasteiger partial charge < -0.3 is 18.9 Å². The topological polar surface area (TPSA) is 114 Å². The number of primary sulfonamides is 1. The lowest BCUT2D eigenvalue weighted by Crippen LogP contribution is -2.16. The van der Waals surface area contributed by atoms with Crippen LogP contribution < -0.4 is 19.3 Å². The van der Waals surface area contributed by atoms with Gasteiger partial charge in [-0.3, -0.25) is 4.79 Å². The first-order valence-electron chi connectivity index (χ1n) is 8.21. The van der Waals surface area contributed by atoms with E-state index in [0.29, 0.717) is 30.5 Å². The van der Waals surface area contributed by atoms with E-state index in [9.17, 15) is 13.2 Å². The highest BCUT2D eigenvalue weighted by atomic mass is 32.2. The van der Waals surface area contributed by atoms with Crippen molar-refractivity contribution in [3.8, 4) is 17.2 Å². The summed E-state index contributed by atoms with van der Waals surface area (Å²) in [5, 5.41) is 5.02. The molecule has 2 aromatic carbocycles. The molecular weight excluding hydrogens is 374 g/mol. The van der Waals surface area contributed by atoms with Gasteiger partial charge in [-0.2, -0.15) is 0 Å².